The second-order valence-electron chi connectivity index (χ2n) is 4.29. The molecule has 0 amide bonds. The fraction of sp³-hybridized carbons (Fsp3) is 1.00. The lowest BCUT2D eigenvalue weighted by molar-refractivity contribution is 0.549. The molecule has 0 aliphatic carbocycles. The first-order chi connectivity index (χ1) is 4.89. The van der Waals surface area contributed by atoms with Crippen molar-refractivity contribution in [3.8, 4) is 0 Å². The molecule has 0 aromatic rings. The Morgan fingerprint density at radius 3 is 1.82 bits per heavy atom. The van der Waals surface area contributed by atoms with E-state index in [9.17, 15) is 0 Å². The van der Waals surface area contributed by atoms with Gasteiger partial charge in [-0.15, -0.1) is 0 Å². The van der Waals surface area contributed by atoms with Crippen LogP contribution in [0, 0.1) is 0 Å². The highest BCUT2D eigenvalue weighted by molar-refractivity contribution is 6.56. The molecule has 3 heteroatoms. The highest BCUT2D eigenvalue weighted by Crippen LogP contribution is 2.25. The van der Waals surface area contributed by atoms with E-state index in [1.165, 1.54) is 0 Å². The normalized spacial score (nSPS) is 15.5. The van der Waals surface area contributed by atoms with E-state index in [-0.39, 0.29) is 0 Å². The van der Waals surface area contributed by atoms with Crippen molar-refractivity contribution in [3.05, 3.63) is 0 Å². The van der Waals surface area contributed by atoms with Crippen LogP contribution < -0.4 is 4.98 Å². The van der Waals surface area contributed by atoms with Gasteiger partial charge in [0.05, 0.1) is 0 Å². The van der Waals surface area contributed by atoms with Crippen LogP contribution in [0.5, 0.6) is 0 Å². The minimum atomic E-state index is -0.912. The Kier molecular flexibility index (Phi) is 4.29. The van der Waals surface area contributed by atoms with Crippen molar-refractivity contribution in [2.24, 2.45) is 0 Å². The summed E-state index contributed by atoms with van der Waals surface area (Å²) in [5.41, 5.74) is 0. The van der Waals surface area contributed by atoms with Crippen LogP contribution in [0.15, 0.2) is 0 Å². The average Bonchev–Trinajstić information content (AvgIpc) is 1.79. The molecule has 0 saturated carbocycles. The molecule has 2 nitrogen and oxygen atoms in total. The zero-order valence-electron chi connectivity index (χ0n) is 8.73. The van der Waals surface area contributed by atoms with E-state index in [1.54, 1.807) is 0 Å². The van der Waals surface area contributed by atoms with Crippen LogP contribution in [0.4, 0.5) is 0 Å². The summed E-state index contributed by atoms with van der Waals surface area (Å²) < 4.78 is 2.36. The summed E-state index contributed by atoms with van der Waals surface area (Å²) in [5, 5.41) is 0.444. The Morgan fingerprint density at radius 1 is 1.27 bits per heavy atom. The molecule has 1 N–H and O–H groups in total. The first-order valence-electron chi connectivity index (χ1n) is 4.29. The largest absolute Gasteiger partial charge is 0.328 e. The third kappa shape index (κ3) is 3.89. The van der Waals surface area contributed by atoms with Crippen LogP contribution in [0.2, 0.25) is 5.04 Å². The average molecular weight is 174 g/mol. The standard InChI is InChI=1S/C8H22N2Si/c1-7-9-11(10(5)6)8(2,3)4/h9,11H,7H2,1-6H3. The number of hydrogen-bond donors (Lipinski definition) is 1. The topological polar surface area (TPSA) is 15.3 Å². The molecular weight excluding hydrogens is 152 g/mol. The third-order valence-corrected chi connectivity index (χ3v) is 5.20. The third-order valence-electron chi connectivity index (χ3n) is 1.73. The maximum atomic E-state index is 3.59. The minimum Gasteiger partial charge on any atom is -0.328 e. The summed E-state index contributed by atoms with van der Waals surface area (Å²) in [6.07, 6.45) is 0. The van der Waals surface area contributed by atoms with Gasteiger partial charge >= 0.3 is 0 Å². The summed E-state index contributed by atoms with van der Waals surface area (Å²) in [4.78, 5) is 3.59. The molecule has 1 atom stereocenters. The number of nitrogens with zero attached hydrogens (tertiary/aromatic N) is 1. The van der Waals surface area contributed by atoms with E-state index in [0.29, 0.717) is 5.04 Å². The molecule has 1 unspecified atom stereocenters. The maximum Gasteiger partial charge on any atom is 0.192 e. The van der Waals surface area contributed by atoms with Gasteiger partial charge < -0.3 is 9.55 Å². The van der Waals surface area contributed by atoms with Crippen LogP contribution >= 0.6 is 0 Å². The first-order valence-corrected chi connectivity index (χ1v) is 5.96. The van der Waals surface area contributed by atoms with E-state index < -0.39 is 9.12 Å². The Hall–Kier alpha value is 0.137. The van der Waals surface area contributed by atoms with Gasteiger partial charge in [0.25, 0.3) is 0 Å². The van der Waals surface area contributed by atoms with Gasteiger partial charge in [0, 0.05) is 0 Å². The predicted octanol–water partition coefficient (Wildman–Crippen LogP) is 1.18. The van der Waals surface area contributed by atoms with Gasteiger partial charge in [0.2, 0.25) is 0 Å². The van der Waals surface area contributed by atoms with Gasteiger partial charge in [0.15, 0.2) is 9.12 Å². The highest BCUT2D eigenvalue weighted by Gasteiger charge is 2.27. The molecule has 11 heavy (non-hydrogen) atoms. The Labute approximate surface area is 72.7 Å². The lowest BCUT2D eigenvalue weighted by Crippen LogP contribution is -2.52. The molecule has 0 rings (SSSR count). The van der Waals surface area contributed by atoms with Crippen LogP contribution in [0.3, 0.4) is 0 Å². The number of rotatable bonds is 3. The summed E-state index contributed by atoms with van der Waals surface area (Å²) >= 11 is 0. The lowest BCUT2D eigenvalue weighted by atomic mass is 10.3. The van der Waals surface area contributed by atoms with Gasteiger partial charge in [0.1, 0.15) is 0 Å². The van der Waals surface area contributed by atoms with Crippen molar-refractivity contribution < 1.29 is 0 Å². The fourth-order valence-electron chi connectivity index (χ4n) is 1.46. The molecule has 0 radical (unpaired) electrons. The van der Waals surface area contributed by atoms with Crippen molar-refractivity contribution in [1.29, 1.82) is 0 Å². The van der Waals surface area contributed by atoms with Gasteiger partial charge in [-0.25, -0.2) is 0 Å². The summed E-state index contributed by atoms with van der Waals surface area (Å²) in [6, 6.07) is 0. The van der Waals surface area contributed by atoms with Crippen molar-refractivity contribution in [2.75, 3.05) is 20.6 Å². The summed E-state index contributed by atoms with van der Waals surface area (Å²) in [7, 11) is 3.43. The molecule has 0 aromatic carbocycles. The van der Waals surface area contributed by atoms with E-state index in [0.717, 1.165) is 6.54 Å². The number of nitrogens with one attached hydrogen (secondary N) is 1. The zero-order valence-corrected chi connectivity index (χ0v) is 9.89. The molecule has 0 spiro atoms. The minimum absolute atomic E-state index is 0.444. The smallest absolute Gasteiger partial charge is 0.192 e. The number of hydrogen-bond acceptors (Lipinski definition) is 2. The first kappa shape index (κ1) is 11.1. The summed E-state index contributed by atoms with van der Waals surface area (Å²) in [6.45, 7) is 10.2. The lowest BCUT2D eigenvalue weighted by Gasteiger charge is -2.34. The van der Waals surface area contributed by atoms with E-state index in [2.05, 4.69) is 51.3 Å². The van der Waals surface area contributed by atoms with Gasteiger partial charge in [-0.1, -0.05) is 27.7 Å². The molecule has 0 aromatic heterocycles. The van der Waals surface area contributed by atoms with Crippen molar-refractivity contribution in [2.45, 2.75) is 32.7 Å². The van der Waals surface area contributed by atoms with Crippen LogP contribution in [0.25, 0.3) is 0 Å². The van der Waals surface area contributed by atoms with E-state index in [4.69, 9.17) is 0 Å². The van der Waals surface area contributed by atoms with Gasteiger partial charge in [-0.2, -0.15) is 0 Å². The molecular formula is C8H22N2Si. The van der Waals surface area contributed by atoms with Crippen molar-refractivity contribution in [1.82, 2.24) is 9.55 Å². The molecule has 0 aliphatic heterocycles. The van der Waals surface area contributed by atoms with E-state index >= 15 is 0 Å². The van der Waals surface area contributed by atoms with Crippen LogP contribution in [-0.2, 0) is 0 Å². The van der Waals surface area contributed by atoms with Crippen LogP contribution in [-0.4, -0.2) is 34.3 Å². The molecule has 0 fully saturated rings. The Bertz CT molecular complexity index is 107. The van der Waals surface area contributed by atoms with Gasteiger partial charge in [-0.05, 0) is 25.7 Å². The Morgan fingerprint density at radius 2 is 1.73 bits per heavy atom. The van der Waals surface area contributed by atoms with Crippen molar-refractivity contribution in [3.63, 3.8) is 0 Å². The maximum absolute atomic E-state index is 3.59. The van der Waals surface area contributed by atoms with E-state index in [1.807, 2.05) is 0 Å². The molecule has 0 bridgehead atoms. The predicted molar refractivity (Wildman–Crippen MR) is 54.2 cm³/mol. The summed E-state index contributed by atoms with van der Waals surface area (Å²) in [5.74, 6) is 0. The Balaban J connectivity index is 4.10. The second-order valence-corrected chi connectivity index (χ2v) is 8.27. The SMILES string of the molecule is CCN[SiH](N(C)C)C(C)(C)C. The second kappa shape index (κ2) is 4.23. The van der Waals surface area contributed by atoms with Crippen molar-refractivity contribution >= 4 is 9.12 Å². The van der Waals surface area contributed by atoms with Crippen LogP contribution in [0.1, 0.15) is 27.7 Å². The molecule has 0 aliphatic rings. The monoisotopic (exact) mass is 174 g/mol. The quantitative estimate of drug-likeness (QED) is 0.646. The molecule has 0 saturated heterocycles. The zero-order chi connectivity index (χ0) is 9.07. The van der Waals surface area contributed by atoms with Gasteiger partial charge in [-0.3, -0.25) is 0 Å². The molecule has 68 valence electrons. The molecule has 0 heterocycles. The fourth-order valence-corrected chi connectivity index (χ4v) is 4.37. The highest BCUT2D eigenvalue weighted by atomic mass is 28.3.